The van der Waals surface area contributed by atoms with Crippen molar-refractivity contribution in [1.29, 1.82) is 0 Å². The molecule has 0 aliphatic carbocycles. The van der Waals surface area contributed by atoms with Crippen LogP contribution >= 0.6 is 11.6 Å². The first-order valence-electron chi connectivity index (χ1n) is 8.25. The molecule has 1 aromatic carbocycles. The predicted octanol–water partition coefficient (Wildman–Crippen LogP) is 4.87. The number of nitrogens with zero attached hydrogens (tertiary/aromatic N) is 3. The first-order chi connectivity index (χ1) is 11.1. The van der Waals surface area contributed by atoms with Crippen LogP contribution in [0.25, 0.3) is 0 Å². The second-order valence-electron chi connectivity index (χ2n) is 6.14. The van der Waals surface area contributed by atoms with Crippen LogP contribution in [0.2, 0.25) is 5.02 Å². The summed E-state index contributed by atoms with van der Waals surface area (Å²) in [5, 5.41) is 4.11. The number of halogens is 1. The lowest BCUT2D eigenvalue weighted by atomic mass is 10.2. The van der Waals surface area contributed by atoms with Gasteiger partial charge >= 0.3 is 0 Å². The Labute approximate surface area is 142 Å². The normalized spacial score (nSPS) is 15.3. The van der Waals surface area contributed by atoms with E-state index >= 15 is 0 Å². The summed E-state index contributed by atoms with van der Waals surface area (Å²) in [6.07, 6.45) is 5.10. The minimum absolute atomic E-state index is 0.719. The molecule has 4 nitrogen and oxygen atoms in total. The number of aromatic nitrogens is 2. The lowest BCUT2D eigenvalue weighted by Crippen LogP contribution is -2.25. The molecule has 1 saturated heterocycles. The van der Waals surface area contributed by atoms with Crippen LogP contribution in [-0.2, 0) is 0 Å². The van der Waals surface area contributed by atoms with Crippen molar-refractivity contribution in [3.8, 4) is 0 Å². The maximum atomic E-state index is 6.10. The Morgan fingerprint density at radius 3 is 2.48 bits per heavy atom. The monoisotopic (exact) mass is 330 g/mol. The fourth-order valence-corrected chi connectivity index (χ4v) is 3.12. The van der Waals surface area contributed by atoms with E-state index in [-0.39, 0.29) is 0 Å². The van der Waals surface area contributed by atoms with Gasteiger partial charge in [-0.15, -0.1) is 0 Å². The number of rotatable bonds is 3. The highest BCUT2D eigenvalue weighted by molar-refractivity contribution is 6.30. The molecule has 23 heavy (non-hydrogen) atoms. The van der Waals surface area contributed by atoms with Gasteiger partial charge in [-0.1, -0.05) is 30.5 Å². The Morgan fingerprint density at radius 2 is 1.74 bits per heavy atom. The van der Waals surface area contributed by atoms with Gasteiger partial charge in [-0.05, 0) is 44.4 Å². The van der Waals surface area contributed by atoms with Crippen LogP contribution in [0.1, 0.15) is 37.1 Å². The summed E-state index contributed by atoms with van der Waals surface area (Å²) in [5.41, 5.74) is 2.12. The van der Waals surface area contributed by atoms with Gasteiger partial charge in [-0.25, -0.2) is 9.97 Å². The highest BCUT2D eigenvalue weighted by Gasteiger charge is 2.13. The number of anilines is 3. The van der Waals surface area contributed by atoms with E-state index in [1.54, 1.807) is 0 Å². The first kappa shape index (κ1) is 16.1. The van der Waals surface area contributed by atoms with E-state index in [4.69, 9.17) is 11.6 Å². The number of hydrogen-bond donors (Lipinski definition) is 1. The largest absolute Gasteiger partial charge is 0.356 e. The summed E-state index contributed by atoms with van der Waals surface area (Å²) in [6, 6.07) is 7.88. The SMILES string of the molecule is Cc1nc(Nc2cc(Cl)ccc2C)cc(N2CCCCCC2)n1. The van der Waals surface area contributed by atoms with Crippen LogP contribution in [0.15, 0.2) is 24.3 Å². The van der Waals surface area contributed by atoms with E-state index in [1.165, 1.54) is 25.7 Å². The average molecular weight is 331 g/mol. The fraction of sp³-hybridized carbons (Fsp3) is 0.444. The molecule has 5 heteroatoms. The molecule has 0 saturated carbocycles. The van der Waals surface area contributed by atoms with Crippen molar-refractivity contribution >= 4 is 28.9 Å². The van der Waals surface area contributed by atoms with E-state index in [2.05, 4.69) is 27.1 Å². The van der Waals surface area contributed by atoms with Crippen molar-refractivity contribution in [3.05, 3.63) is 40.7 Å². The quantitative estimate of drug-likeness (QED) is 0.871. The Morgan fingerprint density at radius 1 is 1.00 bits per heavy atom. The molecular weight excluding hydrogens is 308 g/mol. The number of aryl methyl sites for hydroxylation is 2. The molecule has 3 rings (SSSR count). The average Bonchev–Trinajstić information content (AvgIpc) is 2.79. The molecule has 1 N–H and O–H groups in total. The van der Waals surface area contributed by atoms with Gasteiger partial charge in [0.25, 0.3) is 0 Å². The van der Waals surface area contributed by atoms with Gasteiger partial charge in [0.05, 0.1) is 0 Å². The van der Waals surface area contributed by atoms with E-state index in [9.17, 15) is 0 Å². The molecule has 122 valence electrons. The molecule has 0 bridgehead atoms. The minimum atomic E-state index is 0.719. The molecule has 1 aliphatic heterocycles. The Kier molecular flexibility index (Phi) is 5.01. The molecule has 1 fully saturated rings. The van der Waals surface area contributed by atoms with E-state index < -0.39 is 0 Å². The highest BCUT2D eigenvalue weighted by atomic mass is 35.5. The highest BCUT2D eigenvalue weighted by Crippen LogP contribution is 2.26. The van der Waals surface area contributed by atoms with Crippen LogP contribution < -0.4 is 10.2 Å². The maximum Gasteiger partial charge on any atom is 0.136 e. The summed E-state index contributed by atoms with van der Waals surface area (Å²) in [6.45, 7) is 6.15. The second-order valence-corrected chi connectivity index (χ2v) is 6.58. The molecule has 0 atom stereocenters. The lowest BCUT2D eigenvalue weighted by Gasteiger charge is -2.22. The van der Waals surface area contributed by atoms with Crippen LogP contribution in [0.3, 0.4) is 0 Å². The molecule has 1 aromatic heterocycles. The molecule has 0 amide bonds. The van der Waals surface area contributed by atoms with Crippen molar-refractivity contribution in [2.45, 2.75) is 39.5 Å². The van der Waals surface area contributed by atoms with E-state index in [0.29, 0.717) is 0 Å². The van der Waals surface area contributed by atoms with Crippen molar-refractivity contribution in [1.82, 2.24) is 9.97 Å². The summed E-state index contributed by atoms with van der Waals surface area (Å²) in [7, 11) is 0. The Bertz CT molecular complexity index is 679. The zero-order valence-corrected chi connectivity index (χ0v) is 14.5. The molecule has 0 spiro atoms. The van der Waals surface area contributed by atoms with Crippen LogP contribution in [-0.4, -0.2) is 23.1 Å². The van der Waals surface area contributed by atoms with Crippen molar-refractivity contribution < 1.29 is 0 Å². The third-order valence-electron chi connectivity index (χ3n) is 4.22. The topological polar surface area (TPSA) is 41.1 Å². The number of benzene rings is 1. The van der Waals surface area contributed by atoms with Gasteiger partial charge in [0.1, 0.15) is 17.5 Å². The number of hydrogen-bond acceptors (Lipinski definition) is 4. The zero-order chi connectivity index (χ0) is 16.2. The Hall–Kier alpha value is -1.81. The summed E-state index contributed by atoms with van der Waals surface area (Å²) >= 11 is 6.10. The third kappa shape index (κ3) is 4.14. The van der Waals surface area contributed by atoms with Gasteiger partial charge in [0, 0.05) is 29.9 Å². The zero-order valence-electron chi connectivity index (χ0n) is 13.8. The van der Waals surface area contributed by atoms with Crippen molar-refractivity contribution in [2.75, 3.05) is 23.3 Å². The molecule has 2 heterocycles. The maximum absolute atomic E-state index is 6.10. The summed E-state index contributed by atoms with van der Waals surface area (Å²) in [5.74, 6) is 2.62. The van der Waals surface area contributed by atoms with Gasteiger partial charge in [-0.3, -0.25) is 0 Å². The van der Waals surface area contributed by atoms with E-state index in [1.807, 2.05) is 31.2 Å². The third-order valence-corrected chi connectivity index (χ3v) is 4.45. The van der Waals surface area contributed by atoms with Gasteiger partial charge in [-0.2, -0.15) is 0 Å². The van der Waals surface area contributed by atoms with Gasteiger partial charge < -0.3 is 10.2 Å². The second kappa shape index (κ2) is 7.18. The molecule has 0 unspecified atom stereocenters. The summed E-state index contributed by atoms with van der Waals surface area (Å²) < 4.78 is 0. The number of nitrogens with one attached hydrogen (secondary N) is 1. The Balaban J connectivity index is 1.86. The standard InChI is InChI=1S/C18H23ClN4/c1-13-7-8-15(19)11-16(13)22-17-12-18(21-14(2)20-17)23-9-5-3-4-6-10-23/h7-8,11-12H,3-6,9-10H2,1-2H3,(H,20,21,22). The summed E-state index contributed by atoms with van der Waals surface area (Å²) in [4.78, 5) is 11.5. The lowest BCUT2D eigenvalue weighted by molar-refractivity contribution is 0.726. The molecular formula is C18H23ClN4. The fourth-order valence-electron chi connectivity index (χ4n) is 2.94. The predicted molar refractivity (Wildman–Crippen MR) is 96.9 cm³/mol. The molecule has 1 aliphatic rings. The van der Waals surface area contributed by atoms with Gasteiger partial charge in [0.15, 0.2) is 0 Å². The van der Waals surface area contributed by atoms with Crippen LogP contribution in [0.5, 0.6) is 0 Å². The van der Waals surface area contributed by atoms with E-state index in [0.717, 1.165) is 46.8 Å². The minimum Gasteiger partial charge on any atom is -0.356 e. The van der Waals surface area contributed by atoms with Crippen molar-refractivity contribution in [3.63, 3.8) is 0 Å². The van der Waals surface area contributed by atoms with Crippen molar-refractivity contribution in [2.24, 2.45) is 0 Å². The smallest absolute Gasteiger partial charge is 0.136 e. The molecule has 0 radical (unpaired) electrons. The molecule has 2 aromatic rings. The first-order valence-corrected chi connectivity index (χ1v) is 8.63. The van der Waals surface area contributed by atoms with Crippen LogP contribution in [0, 0.1) is 13.8 Å². The van der Waals surface area contributed by atoms with Crippen LogP contribution in [0.4, 0.5) is 17.3 Å². The van der Waals surface area contributed by atoms with Gasteiger partial charge in [0.2, 0.25) is 0 Å².